The van der Waals surface area contributed by atoms with E-state index < -0.39 is 0 Å². The quantitative estimate of drug-likeness (QED) is 0.634. The maximum atomic E-state index is 9.34. The van der Waals surface area contributed by atoms with Gasteiger partial charge < -0.3 is 15.3 Å². The van der Waals surface area contributed by atoms with Crippen LogP contribution in [0.4, 0.5) is 0 Å². The molecule has 0 spiro atoms. The van der Waals surface area contributed by atoms with Crippen LogP contribution in [0.3, 0.4) is 0 Å². The van der Waals surface area contributed by atoms with Crippen molar-refractivity contribution in [2.75, 3.05) is 33.3 Å². The monoisotopic (exact) mass is 214 g/mol. The van der Waals surface area contributed by atoms with Crippen LogP contribution in [0.25, 0.3) is 0 Å². The molecule has 2 N–H and O–H groups in total. The van der Waals surface area contributed by atoms with Gasteiger partial charge in [-0.25, -0.2) is 0 Å². The first-order chi connectivity index (χ1) is 7.09. The van der Waals surface area contributed by atoms with Gasteiger partial charge in [-0.05, 0) is 52.2 Å². The number of rotatable bonds is 8. The average Bonchev–Trinajstić information content (AvgIpc) is 2.99. The minimum absolute atomic E-state index is 0.105. The van der Waals surface area contributed by atoms with Crippen LogP contribution in [0.5, 0.6) is 0 Å². The number of hydrogen-bond acceptors (Lipinski definition) is 3. The predicted octanol–water partition coefficient (Wildman–Crippen LogP) is 1.08. The van der Waals surface area contributed by atoms with Gasteiger partial charge in [-0.1, -0.05) is 6.92 Å². The Morgan fingerprint density at radius 3 is 2.60 bits per heavy atom. The normalized spacial score (nSPS) is 20.6. The van der Waals surface area contributed by atoms with E-state index in [9.17, 15) is 5.11 Å². The third kappa shape index (κ3) is 4.96. The molecule has 0 radical (unpaired) electrons. The molecule has 1 saturated carbocycles. The highest BCUT2D eigenvalue weighted by Gasteiger charge is 2.25. The Balaban J connectivity index is 2.19. The van der Waals surface area contributed by atoms with Crippen molar-refractivity contribution in [2.45, 2.75) is 38.6 Å². The van der Waals surface area contributed by atoms with E-state index in [-0.39, 0.29) is 12.1 Å². The highest BCUT2D eigenvalue weighted by molar-refractivity contribution is 4.83. The van der Waals surface area contributed by atoms with E-state index in [1.54, 1.807) is 0 Å². The molecule has 1 unspecified atom stereocenters. The molecule has 1 aliphatic rings. The summed E-state index contributed by atoms with van der Waals surface area (Å²) in [6, 6.07) is 0. The van der Waals surface area contributed by atoms with Crippen LogP contribution in [0.1, 0.15) is 33.1 Å². The molecule has 1 fully saturated rings. The molecular formula is C12H26N2O. The molecule has 0 aromatic heterocycles. The molecule has 1 aliphatic carbocycles. The Morgan fingerprint density at radius 2 is 2.13 bits per heavy atom. The number of nitrogens with one attached hydrogen (secondary N) is 1. The van der Waals surface area contributed by atoms with Gasteiger partial charge in [0.05, 0.1) is 6.61 Å². The van der Waals surface area contributed by atoms with Crippen LogP contribution in [-0.4, -0.2) is 48.8 Å². The lowest BCUT2D eigenvalue weighted by atomic mass is 9.98. The summed E-state index contributed by atoms with van der Waals surface area (Å²) in [6.07, 6.45) is 3.84. The molecule has 0 bridgehead atoms. The minimum Gasteiger partial charge on any atom is -0.394 e. The van der Waals surface area contributed by atoms with Crippen LogP contribution >= 0.6 is 0 Å². The lowest BCUT2D eigenvalue weighted by Gasteiger charge is -2.30. The third-order valence-electron chi connectivity index (χ3n) is 3.26. The Kier molecular flexibility index (Phi) is 5.03. The first-order valence-corrected chi connectivity index (χ1v) is 6.14. The molecule has 0 saturated heterocycles. The Bertz CT molecular complexity index is 182. The van der Waals surface area contributed by atoms with Crippen LogP contribution in [-0.2, 0) is 0 Å². The third-order valence-corrected chi connectivity index (χ3v) is 3.26. The lowest BCUT2D eigenvalue weighted by molar-refractivity contribution is 0.152. The first-order valence-electron chi connectivity index (χ1n) is 6.14. The van der Waals surface area contributed by atoms with Gasteiger partial charge in [-0.2, -0.15) is 0 Å². The standard InChI is InChI=1S/C12H26N2O/c1-4-13-12(2,10-15)7-8-14(3)9-11-5-6-11/h11,13,15H,4-10H2,1-3H3. The van der Waals surface area contributed by atoms with E-state index in [1.165, 1.54) is 19.4 Å². The highest BCUT2D eigenvalue weighted by atomic mass is 16.3. The summed E-state index contributed by atoms with van der Waals surface area (Å²) in [4.78, 5) is 2.39. The molecular weight excluding hydrogens is 188 g/mol. The van der Waals surface area contributed by atoms with Crippen molar-refractivity contribution in [1.82, 2.24) is 10.2 Å². The summed E-state index contributed by atoms with van der Waals surface area (Å²) >= 11 is 0. The number of hydrogen-bond donors (Lipinski definition) is 2. The Hall–Kier alpha value is -0.120. The van der Waals surface area contributed by atoms with E-state index in [4.69, 9.17) is 0 Å². The van der Waals surface area contributed by atoms with E-state index in [0.717, 1.165) is 25.4 Å². The summed E-state index contributed by atoms with van der Waals surface area (Å²) in [5.74, 6) is 0.953. The number of aliphatic hydroxyl groups is 1. The topological polar surface area (TPSA) is 35.5 Å². The van der Waals surface area contributed by atoms with Gasteiger partial charge in [-0.15, -0.1) is 0 Å². The molecule has 0 amide bonds. The van der Waals surface area contributed by atoms with E-state index >= 15 is 0 Å². The highest BCUT2D eigenvalue weighted by Crippen LogP contribution is 2.29. The molecule has 1 rings (SSSR count). The van der Waals surface area contributed by atoms with Crippen molar-refractivity contribution in [3.63, 3.8) is 0 Å². The Labute approximate surface area is 93.9 Å². The van der Waals surface area contributed by atoms with Crippen molar-refractivity contribution < 1.29 is 5.11 Å². The SMILES string of the molecule is CCNC(C)(CO)CCN(C)CC1CC1. The largest absolute Gasteiger partial charge is 0.394 e. The molecule has 0 aromatic carbocycles. The molecule has 15 heavy (non-hydrogen) atoms. The van der Waals surface area contributed by atoms with Crippen molar-refractivity contribution in [3.8, 4) is 0 Å². The van der Waals surface area contributed by atoms with Gasteiger partial charge >= 0.3 is 0 Å². The zero-order chi connectivity index (χ0) is 11.3. The van der Waals surface area contributed by atoms with Gasteiger partial charge in [0, 0.05) is 12.1 Å². The molecule has 0 heterocycles. The van der Waals surface area contributed by atoms with Gasteiger partial charge in [0.1, 0.15) is 0 Å². The second-order valence-electron chi connectivity index (χ2n) is 5.20. The maximum absolute atomic E-state index is 9.34. The first kappa shape index (κ1) is 12.9. The number of likely N-dealkylation sites (N-methyl/N-ethyl adjacent to an activating group) is 1. The predicted molar refractivity (Wildman–Crippen MR) is 64.0 cm³/mol. The molecule has 3 heteroatoms. The van der Waals surface area contributed by atoms with Gasteiger partial charge in [0.15, 0.2) is 0 Å². The second kappa shape index (κ2) is 5.83. The number of aliphatic hydroxyl groups excluding tert-OH is 1. The molecule has 0 aromatic rings. The van der Waals surface area contributed by atoms with Gasteiger partial charge in [-0.3, -0.25) is 0 Å². The zero-order valence-electron chi connectivity index (χ0n) is 10.4. The number of nitrogens with zero attached hydrogens (tertiary/aromatic N) is 1. The smallest absolute Gasteiger partial charge is 0.0611 e. The fourth-order valence-electron chi connectivity index (χ4n) is 1.92. The molecule has 1 atom stereocenters. The fourth-order valence-corrected chi connectivity index (χ4v) is 1.92. The van der Waals surface area contributed by atoms with E-state index in [2.05, 4.69) is 31.1 Å². The van der Waals surface area contributed by atoms with Crippen molar-refractivity contribution in [3.05, 3.63) is 0 Å². The van der Waals surface area contributed by atoms with Crippen molar-refractivity contribution >= 4 is 0 Å². The lowest BCUT2D eigenvalue weighted by Crippen LogP contribution is -2.47. The van der Waals surface area contributed by atoms with E-state index in [1.807, 2.05) is 0 Å². The maximum Gasteiger partial charge on any atom is 0.0611 e. The summed E-state index contributed by atoms with van der Waals surface area (Å²) < 4.78 is 0. The van der Waals surface area contributed by atoms with Gasteiger partial charge in [0.2, 0.25) is 0 Å². The van der Waals surface area contributed by atoms with Gasteiger partial charge in [0.25, 0.3) is 0 Å². The summed E-state index contributed by atoms with van der Waals surface area (Å²) in [6.45, 7) is 7.62. The van der Waals surface area contributed by atoms with Crippen LogP contribution in [0.2, 0.25) is 0 Å². The van der Waals surface area contributed by atoms with Crippen molar-refractivity contribution in [1.29, 1.82) is 0 Å². The minimum atomic E-state index is -0.105. The summed E-state index contributed by atoms with van der Waals surface area (Å²) in [5.41, 5.74) is -0.105. The van der Waals surface area contributed by atoms with E-state index in [0.29, 0.717) is 0 Å². The molecule has 0 aliphatic heterocycles. The fraction of sp³-hybridized carbons (Fsp3) is 1.00. The zero-order valence-corrected chi connectivity index (χ0v) is 10.4. The molecule has 3 nitrogen and oxygen atoms in total. The Morgan fingerprint density at radius 1 is 1.47 bits per heavy atom. The summed E-state index contributed by atoms with van der Waals surface area (Å²) in [7, 11) is 2.18. The van der Waals surface area contributed by atoms with Crippen LogP contribution < -0.4 is 5.32 Å². The molecule has 90 valence electrons. The van der Waals surface area contributed by atoms with Crippen LogP contribution in [0.15, 0.2) is 0 Å². The second-order valence-corrected chi connectivity index (χ2v) is 5.20. The van der Waals surface area contributed by atoms with Crippen molar-refractivity contribution in [2.24, 2.45) is 5.92 Å². The summed E-state index contributed by atoms with van der Waals surface area (Å²) in [5, 5.41) is 12.7. The van der Waals surface area contributed by atoms with Crippen LogP contribution in [0, 0.1) is 5.92 Å². The average molecular weight is 214 g/mol.